The zero-order valence-electron chi connectivity index (χ0n) is 19.3. The molecular weight excluding hydrogens is 448 g/mol. The summed E-state index contributed by atoms with van der Waals surface area (Å²) in [5.74, 6) is -1.29. The monoisotopic (exact) mass is 474 g/mol. The van der Waals surface area contributed by atoms with Crippen molar-refractivity contribution >= 4 is 23.8 Å². The number of hydrogen-bond donors (Lipinski definition) is 3. The molecule has 0 aliphatic heterocycles. The van der Waals surface area contributed by atoms with Gasteiger partial charge in [0.05, 0.1) is 5.41 Å². The van der Waals surface area contributed by atoms with Gasteiger partial charge >= 0.3 is 12.1 Å². The smallest absolute Gasteiger partial charge is 0.407 e. The van der Waals surface area contributed by atoms with Crippen molar-refractivity contribution in [1.29, 1.82) is 0 Å². The van der Waals surface area contributed by atoms with Gasteiger partial charge in [-0.3, -0.25) is 9.48 Å². The number of rotatable bonds is 7. The highest BCUT2D eigenvalue weighted by molar-refractivity contribution is 5.96. The quantitative estimate of drug-likeness (QED) is 0.479. The summed E-state index contributed by atoms with van der Waals surface area (Å²) in [6.07, 6.45) is 1.52. The minimum atomic E-state index is -1.13. The van der Waals surface area contributed by atoms with E-state index in [0.717, 1.165) is 28.7 Å². The Bertz CT molecular complexity index is 1270. The highest BCUT2D eigenvalue weighted by atomic mass is 16.5. The summed E-state index contributed by atoms with van der Waals surface area (Å²) in [6, 6.07) is 17.6. The molecule has 3 N–H and O–H groups in total. The molecule has 3 aromatic rings. The Balaban J connectivity index is 1.20. The van der Waals surface area contributed by atoms with Gasteiger partial charge < -0.3 is 20.5 Å². The van der Waals surface area contributed by atoms with Crippen LogP contribution in [0.4, 0.5) is 10.6 Å². The van der Waals surface area contributed by atoms with Crippen LogP contribution in [0.3, 0.4) is 0 Å². The van der Waals surface area contributed by atoms with Crippen LogP contribution in [0.15, 0.2) is 54.6 Å². The molecule has 0 unspecified atom stereocenters. The van der Waals surface area contributed by atoms with Gasteiger partial charge in [-0.15, -0.1) is 0 Å². The number of aryl methyl sites for hydroxylation is 1. The number of carbonyl (C=O) groups excluding carboxylic acids is 2. The van der Waals surface area contributed by atoms with Gasteiger partial charge in [0.25, 0.3) is 0 Å². The van der Waals surface area contributed by atoms with E-state index in [1.54, 1.807) is 0 Å². The fraction of sp³-hybridized carbons (Fsp3) is 0.308. The number of hydrogen-bond acceptors (Lipinski definition) is 5. The second-order valence-electron chi connectivity index (χ2n) is 9.11. The maximum Gasteiger partial charge on any atom is 0.407 e. The van der Waals surface area contributed by atoms with Crippen molar-refractivity contribution < 1.29 is 24.2 Å². The third kappa shape index (κ3) is 4.14. The van der Waals surface area contributed by atoms with Crippen molar-refractivity contribution in [2.45, 2.75) is 25.2 Å². The van der Waals surface area contributed by atoms with Crippen molar-refractivity contribution in [3.63, 3.8) is 0 Å². The zero-order valence-corrected chi connectivity index (χ0v) is 19.3. The van der Waals surface area contributed by atoms with Crippen LogP contribution in [0.2, 0.25) is 0 Å². The number of fused-ring (bicyclic) bond motifs is 3. The lowest BCUT2D eigenvalue weighted by Gasteiger charge is -2.39. The number of ether oxygens (including phenoxy) is 1. The van der Waals surface area contributed by atoms with Gasteiger partial charge in [0.2, 0.25) is 5.91 Å². The fourth-order valence-corrected chi connectivity index (χ4v) is 4.96. The number of nitrogens with one attached hydrogen (secondary N) is 2. The third-order valence-corrected chi connectivity index (χ3v) is 7.05. The first-order chi connectivity index (χ1) is 16.9. The van der Waals surface area contributed by atoms with E-state index >= 15 is 0 Å². The number of carboxylic acids is 1. The number of carboxylic acid groups (broad SMARTS) is 1. The number of benzene rings is 2. The molecule has 0 spiro atoms. The molecule has 0 bridgehead atoms. The molecule has 2 aromatic carbocycles. The van der Waals surface area contributed by atoms with Gasteiger partial charge in [0.15, 0.2) is 5.82 Å². The lowest BCUT2D eigenvalue weighted by atomic mass is 9.68. The number of alkyl carbamates (subject to hydrolysis) is 1. The normalized spacial score (nSPS) is 15.5. The predicted octanol–water partition coefficient (Wildman–Crippen LogP) is 3.77. The van der Waals surface area contributed by atoms with Crippen LogP contribution in [0.25, 0.3) is 11.1 Å². The molecule has 0 atom stereocenters. The van der Waals surface area contributed by atoms with E-state index in [0.29, 0.717) is 12.8 Å². The standard InChI is InChI=1S/C26H26N4O5/c1-30-21(23(31)32)13-22(29-30)28-24(33)26(11-6-12-26)15-27-25(34)35-14-20-18-9-4-2-7-16(18)17-8-3-5-10-19(17)20/h2-5,7-10,13,20H,6,11-12,14-15H2,1H3,(H,27,34)(H,31,32)(H,28,29,33). The molecule has 1 fully saturated rings. The van der Waals surface area contributed by atoms with Gasteiger partial charge in [-0.2, -0.15) is 5.10 Å². The fourth-order valence-electron chi connectivity index (χ4n) is 4.96. The Labute approximate surface area is 202 Å². The molecule has 1 saturated carbocycles. The number of nitrogens with zero attached hydrogens (tertiary/aromatic N) is 2. The molecule has 1 heterocycles. The van der Waals surface area contributed by atoms with Crippen molar-refractivity contribution in [3.8, 4) is 11.1 Å². The van der Waals surface area contributed by atoms with E-state index in [1.165, 1.54) is 17.8 Å². The van der Waals surface area contributed by atoms with E-state index in [4.69, 9.17) is 4.74 Å². The molecular formula is C26H26N4O5. The maximum absolute atomic E-state index is 13.0. The highest BCUT2D eigenvalue weighted by Gasteiger charge is 2.45. The van der Waals surface area contributed by atoms with Crippen molar-refractivity contribution in [3.05, 3.63) is 71.4 Å². The summed E-state index contributed by atoms with van der Waals surface area (Å²) in [5, 5.41) is 18.7. The summed E-state index contributed by atoms with van der Waals surface area (Å²) in [5.41, 5.74) is 3.78. The first-order valence-electron chi connectivity index (χ1n) is 11.6. The molecule has 9 nitrogen and oxygen atoms in total. The zero-order chi connectivity index (χ0) is 24.6. The maximum atomic E-state index is 13.0. The van der Waals surface area contributed by atoms with Crippen molar-refractivity contribution in [1.82, 2.24) is 15.1 Å². The molecule has 35 heavy (non-hydrogen) atoms. The molecule has 0 saturated heterocycles. The van der Waals surface area contributed by atoms with E-state index in [9.17, 15) is 19.5 Å². The molecule has 9 heteroatoms. The Morgan fingerprint density at radius 3 is 2.26 bits per heavy atom. The Morgan fingerprint density at radius 2 is 1.71 bits per heavy atom. The Kier molecular flexibility index (Phi) is 5.76. The van der Waals surface area contributed by atoms with Gasteiger partial charge in [-0.25, -0.2) is 9.59 Å². The number of aromatic nitrogens is 2. The first-order valence-corrected chi connectivity index (χ1v) is 11.6. The molecule has 2 aliphatic rings. The summed E-state index contributed by atoms with van der Waals surface area (Å²) in [6.45, 7) is 0.332. The van der Waals surface area contributed by atoms with Gasteiger partial charge in [0.1, 0.15) is 12.3 Å². The second kappa shape index (κ2) is 8.90. The summed E-state index contributed by atoms with van der Waals surface area (Å²) < 4.78 is 6.78. The average Bonchev–Trinajstić information content (AvgIpc) is 3.34. The van der Waals surface area contributed by atoms with E-state index in [1.807, 2.05) is 24.3 Å². The largest absolute Gasteiger partial charge is 0.477 e. The summed E-state index contributed by atoms with van der Waals surface area (Å²) in [7, 11) is 1.50. The number of amides is 2. The number of anilines is 1. The minimum Gasteiger partial charge on any atom is -0.477 e. The molecule has 2 aliphatic carbocycles. The van der Waals surface area contributed by atoms with E-state index < -0.39 is 17.5 Å². The molecule has 5 rings (SSSR count). The van der Waals surface area contributed by atoms with E-state index in [-0.39, 0.29) is 36.5 Å². The van der Waals surface area contributed by atoms with Crippen molar-refractivity contribution in [2.75, 3.05) is 18.5 Å². The third-order valence-electron chi connectivity index (χ3n) is 7.05. The van der Waals surface area contributed by atoms with E-state index in [2.05, 4.69) is 40.0 Å². The molecule has 2 amide bonds. The number of carbonyl (C=O) groups is 3. The summed E-state index contributed by atoms with van der Waals surface area (Å²) in [4.78, 5) is 36.8. The SMILES string of the molecule is Cn1nc(NC(=O)C2(CNC(=O)OCC3c4ccccc4-c4ccccc43)CCC2)cc1C(=O)O. The lowest BCUT2D eigenvalue weighted by Crippen LogP contribution is -2.50. The van der Waals surface area contributed by atoms with Gasteiger partial charge in [-0.05, 0) is 35.1 Å². The molecule has 180 valence electrons. The first kappa shape index (κ1) is 22.6. The summed E-state index contributed by atoms with van der Waals surface area (Å²) >= 11 is 0. The van der Waals surface area contributed by atoms with Crippen molar-refractivity contribution in [2.24, 2.45) is 12.5 Å². The van der Waals surface area contributed by atoms with Crippen LogP contribution in [-0.4, -0.2) is 46.0 Å². The second-order valence-corrected chi connectivity index (χ2v) is 9.11. The van der Waals surface area contributed by atoms with Crippen LogP contribution in [0, 0.1) is 5.41 Å². The van der Waals surface area contributed by atoms with Crippen LogP contribution in [0.5, 0.6) is 0 Å². The Hall–Kier alpha value is -4.14. The number of aromatic carboxylic acids is 1. The van der Waals surface area contributed by atoms with Crippen LogP contribution in [0.1, 0.15) is 46.8 Å². The Morgan fingerprint density at radius 1 is 1.09 bits per heavy atom. The van der Waals surface area contributed by atoms with Crippen LogP contribution < -0.4 is 10.6 Å². The average molecular weight is 475 g/mol. The van der Waals surface area contributed by atoms with Gasteiger partial charge in [0, 0.05) is 25.6 Å². The molecule has 1 aromatic heterocycles. The minimum absolute atomic E-state index is 0.0280. The molecule has 0 radical (unpaired) electrons. The van der Waals surface area contributed by atoms with Gasteiger partial charge in [-0.1, -0.05) is 55.0 Å². The van der Waals surface area contributed by atoms with Crippen LogP contribution in [-0.2, 0) is 16.6 Å². The highest BCUT2D eigenvalue weighted by Crippen LogP contribution is 2.44. The lowest BCUT2D eigenvalue weighted by molar-refractivity contribution is -0.129. The van der Waals surface area contributed by atoms with Crippen LogP contribution >= 0.6 is 0 Å². The topological polar surface area (TPSA) is 123 Å². The predicted molar refractivity (Wildman–Crippen MR) is 128 cm³/mol.